The summed E-state index contributed by atoms with van der Waals surface area (Å²) in [6.45, 7) is 2.56. The highest BCUT2D eigenvalue weighted by molar-refractivity contribution is 5.98. The number of fused-ring (bicyclic) bond motifs is 1. The first-order valence-electron chi connectivity index (χ1n) is 11.3. The van der Waals surface area contributed by atoms with Gasteiger partial charge in [-0.25, -0.2) is 14.6 Å². The Kier molecular flexibility index (Phi) is 5.85. The average Bonchev–Trinajstić information content (AvgIpc) is 3.26. The van der Waals surface area contributed by atoms with E-state index in [1.165, 1.54) is 13.3 Å². The first kappa shape index (κ1) is 21.8. The molecule has 2 atom stereocenters. The van der Waals surface area contributed by atoms with Crippen LogP contribution in [0, 0.1) is 0 Å². The molecule has 3 N–H and O–H groups in total. The zero-order chi connectivity index (χ0) is 23.7. The highest BCUT2D eigenvalue weighted by atomic mass is 16.5. The number of carbonyl (C=O) groups is 1. The number of amides is 1. The van der Waals surface area contributed by atoms with Gasteiger partial charge in [-0.2, -0.15) is 5.10 Å². The van der Waals surface area contributed by atoms with E-state index in [0.29, 0.717) is 41.4 Å². The molecule has 1 fully saturated rings. The molecule has 2 aromatic carbocycles. The van der Waals surface area contributed by atoms with Crippen LogP contribution in [0.4, 0.5) is 5.82 Å². The zero-order valence-electron chi connectivity index (χ0n) is 18.8. The summed E-state index contributed by atoms with van der Waals surface area (Å²) >= 11 is 0. The minimum atomic E-state index is -1.03. The van der Waals surface area contributed by atoms with Crippen LogP contribution in [0.3, 0.4) is 0 Å². The minimum Gasteiger partial charge on any atom is -0.457 e. The number of hydrogen-bond acceptors (Lipinski definition) is 7. The Labute approximate surface area is 196 Å². The second kappa shape index (κ2) is 9.11. The Bertz CT molecular complexity index is 1300. The van der Waals surface area contributed by atoms with Crippen molar-refractivity contribution >= 4 is 22.8 Å². The first-order chi connectivity index (χ1) is 16.5. The van der Waals surface area contributed by atoms with Gasteiger partial charge in [-0.15, -0.1) is 0 Å². The molecule has 0 aliphatic carbocycles. The molecule has 2 unspecified atom stereocenters. The van der Waals surface area contributed by atoms with E-state index in [-0.39, 0.29) is 11.9 Å². The molecule has 9 heteroatoms. The number of carbonyl (C=O) groups excluding carboxylic acids is 1. The molecule has 0 radical (unpaired) electrons. The number of aliphatic hydroxyl groups is 1. The fourth-order valence-corrected chi connectivity index (χ4v) is 4.38. The number of anilines is 1. The number of ether oxygens (including phenoxy) is 1. The van der Waals surface area contributed by atoms with Gasteiger partial charge in [0.1, 0.15) is 35.4 Å². The lowest BCUT2D eigenvalue weighted by Crippen LogP contribution is -2.44. The van der Waals surface area contributed by atoms with Crippen LogP contribution in [0.1, 0.15) is 25.8 Å². The number of para-hydroxylation sites is 1. The molecule has 1 saturated heterocycles. The lowest BCUT2D eigenvalue weighted by molar-refractivity contribution is -0.141. The molecule has 0 spiro atoms. The number of nitrogen functional groups attached to an aromatic ring is 1. The van der Waals surface area contributed by atoms with Crippen LogP contribution in [0.2, 0.25) is 0 Å². The quantitative estimate of drug-likeness (QED) is 0.470. The maximum atomic E-state index is 12.4. The molecule has 2 aromatic heterocycles. The second-order valence-electron chi connectivity index (χ2n) is 8.45. The third kappa shape index (κ3) is 4.17. The Hall–Kier alpha value is -3.98. The van der Waals surface area contributed by atoms with E-state index in [0.717, 1.165) is 24.2 Å². The Morgan fingerprint density at radius 3 is 2.59 bits per heavy atom. The van der Waals surface area contributed by atoms with Gasteiger partial charge in [-0.1, -0.05) is 18.2 Å². The molecular formula is C25H26N6O3. The van der Waals surface area contributed by atoms with Gasteiger partial charge in [-0.3, -0.25) is 4.79 Å². The summed E-state index contributed by atoms with van der Waals surface area (Å²) in [5.41, 5.74) is 8.42. The van der Waals surface area contributed by atoms with Crippen molar-refractivity contribution in [2.75, 3.05) is 18.8 Å². The predicted octanol–water partition coefficient (Wildman–Crippen LogP) is 3.41. The van der Waals surface area contributed by atoms with Crippen molar-refractivity contribution in [2.45, 2.75) is 31.9 Å². The molecule has 4 aromatic rings. The maximum absolute atomic E-state index is 12.4. The summed E-state index contributed by atoms with van der Waals surface area (Å²) in [5.74, 6) is 1.55. The number of aromatic nitrogens is 4. The number of nitrogens with two attached hydrogens (primary N) is 1. The summed E-state index contributed by atoms with van der Waals surface area (Å²) < 4.78 is 7.75. The number of rotatable bonds is 5. The first-order valence-corrected chi connectivity index (χ1v) is 11.3. The standard InChI is InChI=1S/C25H26N6O3/c1-16(32)25(33)30-13-5-6-18(14-30)31-24-21(23(26)27-15-28-24)22(29-31)17-9-11-20(12-10-17)34-19-7-3-2-4-8-19/h2-4,7-12,15-16,18,32H,5-6,13-14H2,1H3,(H2,26,27,28). The Morgan fingerprint density at radius 2 is 1.85 bits per heavy atom. The van der Waals surface area contributed by atoms with Crippen LogP contribution in [0.5, 0.6) is 11.5 Å². The maximum Gasteiger partial charge on any atom is 0.251 e. The fraction of sp³-hybridized carbons (Fsp3) is 0.280. The SMILES string of the molecule is CC(O)C(=O)N1CCCC(n2nc(-c3ccc(Oc4ccccc4)cc3)c3c(N)ncnc32)C1. The van der Waals surface area contributed by atoms with Gasteiger partial charge < -0.3 is 20.5 Å². The summed E-state index contributed by atoms with van der Waals surface area (Å²) in [6, 6.07) is 17.1. The highest BCUT2D eigenvalue weighted by Gasteiger charge is 2.30. The summed E-state index contributed by atoms with van der Waals surface area (Å²) in [5, 5.41) is 15.3. The van der Waals surface area contributed by atoms with E-state index in [4.69, 9.17) is 15.6 Å². The van der Waals surface area contributed by atoms with E-state index in [1.54, 1.807) is 4.90 Å². The molecule has 0 bridgehead atoms. The van der Waals surface area contributed by atoms with Gasteiger partial charge in [0.15, 0.2) is 5.65 Å². The molecule has 9 nitrogen and oxygen atoms in total. The van der Waals surface area contributed by atoms with Gasteiger partial charge >= 0.3 is 0 Å². The number of piperidine rings is 1. The fourth-order valence-electron chi connectivity index (χ4n) is 4.38. The van der Waals surface area contributed by atoms with Gasteiger partial charge in [0.25, 0.3) is 5.91 Å². The van der Waals surface area contributed by atoms with E-state index >= 15 is 0 Å². The number of nitrogens with zero attached hydrogens (tertiary/aromatic N) is 5. The van der Waals surface area contributed by atoms with E-state index in [2.05, 4.69) is 9.97 Å². The van der Waals surface area contributed by atoms with Gasteiger partial charge in [-0.05, 0) is 56.2 Å². The lowest BCUT2D eigenvalue weighted by atomic mass is 10.1. The summed E-state index contributed by atoms with van der Waals surface area (Å²) in [6.07, 6.45) is 2.05. The van der Waals surface area contributed by atoms with E-state index < -0.39 is 6.10 Å². The zero-order valence-corrected chi connectivity index (χ0v) is 18.8. The molecule has 0 saturated carbocycles. The van der Waals surface area contributed by atoms with Crippen LogP contribution >= 0.6 is 0 Å². The number of aliphatic hydroxyl groups excluding tert-OH is 1. The Morgan fingerprint density at radius 1 is 1.12 bits per heavy atom. The van der Waals surface area contributed by atoms with Crippen LogP contribution in [-0.2, 0) is 4.79 Å². The average molecular weight is 459 g/mol. The van der Waals surface area contributed by atoms with Gasteiger partial charge in [0.2, 0.25) is 0 Å². The van der Waals surface area contributed by atoms with Gasteiger partial charge in [0, 0.05) is 18.7 Å². The van der Waals surface area contributed by atoms with Crippen molar-refractivity contribution in [3.63, 3.8) is 0 Å². The predicted molar refractivity (Wildman–Crippen MR) is 128 cm³/mol. The molecule has 174 valence electrons. The number of likely N-dealkylation sites (tertiary alicyclic amines) is 1. The molecule has 1 aliphatic rings. The monoisotopic (exact) mass is 458 g/mol. The van der Waals surface area contributed by atoms with Crippen molar-refractivity contribution in [2.24, 2.45) is 0 Å². The highest BCUT2D eigenvalue weighted by Crippen LogP contribution is 2.34. The minimum absolute atomic E-state index is 0.0808. The van der Waals surface area contributed by atoms with Crippen molar-refractivity contribution in [1.82, 2.24) is 24.6 Å². The molecular weight excluding hydrogens is 432 g/mol. The Balaban J connectivity index is 1.49. The van der Waals surface area contributed by atoms with E-state index in [1.807, 2.05) is 59.3 Å². The molecule has 3 heterocycles. The second-order valence-corrected chi connectivity index (χ2v) is 8.45. The van der Waals surface area contributed by atoms with Crippen LogP contribution in [-0.4, -0.2) is 54.9 Å². The summed E-state index contributed by atoms with van der Waals surface area (Å²) in [7, 11) is 0. The van der Waals surface area contributed by atoms with Crippen molar-refractivity contribution in [1.29, 1.82) is 0 Å². The number of hydrogen-bond donors (Lipinski definition) is 2. The van der Waals surface area contributed by atoms with Crippen molar-refractivity contribution in [3.05, 3.63) is 60.9 Å². The molecule has 1 amide bonds. The number of benzene rings is 2. The lowest BCUT2D eigenvalue weighted by Gasteiger charge is -2.33. The van der Waals surface area contributed by atoms with Crippen molar-refractivity contribution in [3.8, 4) is 22.8 Å². The smallest absolute Gasteiger partial charge is 0.251 e. The molecule has 1 aliphatic heterocycles. The third-order valence-electron chi connectivity index (χ3n) is 6.04. The van der Waals surface area contributed by atoms with Crippen molar-refractivity contribution < 1.29 is 14.6 Å². The third-order valence-corrected chi connectivity index (χ3v) is 6.04. The largest absolute Gasteiger partial charge is 0.457 e. The van der Waals surface area contributed by atoms with Crippen LogP contribution in [0.25, 0.3) is 22.3 Å². The topological polar surface area (TPSA) is 119 Å². The van der Waals surface area contributed by atoms with Crippen LogP contribution < -0.4 is 10.5 Å². The van der Waals surface area contributed by atoms with E-state index in [9.17, 15) is 9.90 Å². The van der Waals surface area contributed by atoms with Gasteiger partial charge in [0.05, 0.1) is 11.4 Å². The molecule has 34 heavy (non-hydrogen) atoms. The molecule has 5 rings (SSSR count). The van der Waals surface area contributed by atoms with Crippen LogP contribution in [0.15, 0.2) is 60.9 Å². The summed E-state index contributed by atoms with van der Waals surface area (Å²) in [4.78, 5) is 22.7. The normalized spacial score (nSPS) is 17.0.